The number of aromatic nitrogens is 3. The van der Waals surface area contributed by atoms with Crippen LogP contribution in [-0.4, -0.2) is 14.8 Å². The van der Waals surface area contributed by atoms with Crippen LogP contribution in [0, 0.1) is 0 Å². The van der Waals surface area contributed by atoms with Gasteiger partial charge in [-0.1, -0.05) is 29.8 Å². The summed E-state index contributed by atoms with van der Waals surface area (Å²) >= 11 is 5.86. The minimum Gasteiger partial charge on any atom is -0.246 e. The highest BCUT2D eigenvalue weighted by molar-refractivity contribution is 6.30. The van der Waals surface area contributed by atoms with Crippen molar-refractivity contribution in [1.82, 2.24) is 14.8 Å². The Morgan fingerprint density at radius 3 is 2.37 bits per heavy atom. The van der Waals surface area contributed by atoms with E-state index in [1.165, 1.54) is 4.57 Å². The van der Waals surface area contributed by atoms with Crippen LogP contribution < -0.4 is 5.69 Å². The van der Waals surface area contributed by atoms with Gasteiger partial charge in [0.05, 0.1) is 5.69 Å². The van der Waals surface area contributed by atoms with Gasteiger partial charge in [-0.15, -0.1) is 0 Å². The molecule has 0 fully saturated rings. The van der Waals surface area contributed by atoms with Crippen LogP contribution in [0.2, 0.25) is 5.02 Å². The molecular formula is C14H10ClN3O. The summed E-state index contributed by atoms with van der Waals surface area (Å²) in [7, 11) is 0. The summed E-state index contributed by atoms with van der Waals surface area (Å²) in [5.41, 5.74) is 1.33. The second kappa shape index (κ2) is 4.74. The van der Waals surface area contributed by atoms with Crippen LogP contribution in [0.5, 0.6) is 0 Å². The molecule has 3 rings (SSSR count). The van der Waals surface area contributed by atoms with Gasteiger partial charge in [0.25, 0.3) is 0 Å². The Labute approximate surface area is 114 Å². The van der Waals surface area contributed by atoms with Gasteiger partial charge < -0.3 is 0 Å². The molecule has 0 saturated heterocycles. The Bertz CT molecular complexity index is 744. The number of nitrogens with zero attached hydrogens (tertiary/aromatic N) is 2. The highest BCUT2D eigenvalue weighted by Gasteiger charge is 2.11. The summed E-state index contributed by atoms with van der Waals surface area (Å²) in [4.78, 5) is 11.9. The monoisotopic (exact) mass is 271 g/mol. The molecule has 5 heteroatoms. The first-order valence-electron chi connectivity index (χ1n) is 5.74. The molecule has 0 bridgehead atoms. The quantitative estimate of drug-likeness (QED) is 0.779. The number of halogens is 1. The second-order valence-electron chi connectivity index (χ2n) is 4.03. The van der Waals surface area contributed by atoms with Crippen molar-refractivity contribution in [2.45, 2.75) is 0 Å². The number of rotatable bonds is 2. The number of hydrogen-bond donors (Lipinski definition) is 1. The smallest absolute Gasteiger partial charge is 0.246 e. The maximum Gasteiger partial charge on any atom is 0.348 e. The van der Waals surface area contributed by atoms with Crippen LogP contribution in [0.1, 0.15) is 0 Å². The van der Waals surface area contributed by atoms with Crippen molar-refractivity contribution in [1.29, 1.82) is 0 Å². The summed E-state index contributed by atoms with van der Waals surface area (Å²) in [6.07, 6.45) is 0. The first-order chi connectivity index (χ1) is 9.25. The lowest BCUT2D eigenvalue weighted by Crippen LogP contribution is -2.15. The van der Waals surface area contributed by atoms with Crippen LogP contribution in [0.15, 0.2) is 59.4 Å². The lowest BCUT2D eigenvalue weighted by molar-refractivity contribution is 0.985. The summed E-state index contributed by atoms with van der Waals surface area (Å²) in [5, 5.41) is 7.19. The maximum atomic E-state index is 11.9. The summed E-state index contributed by atoms with van der Waals surface area (Å²) < 4.78 is 1.53. The lowest BCUT2D eigenvalue weighted by atomic mass is 10.2. The van der Waals surface area contributed by atoms with Crippen molar-refractivity contribution in [2.75, 3.05) is 0 Å². The molecule has 94 valence electrons. The molecule has 0 atom stereocenters. The van der Waals surface area contributed by atoms with E-state index in [2.05, 4.69) is 10.2 Å². The fourth-order valence-electron chi connectivity index (χ4n) is 1.91. The van der Waals surface area contributed by atoms with Gasteiger partial charge in [0.1, 0.15) is 0 Å². The predicted molar refractivity (Wildman–Crippen MR) is 74.6 cm³/mol. The van der Waals surface area contributed by atoms with Crippen molar-refractivity contribution < 1.29 is 0 Å². The van der Waals surface area contributed by atoms with Crippen LogP contribution >= 0.6 is 11.6 Å². The average Bonchev–Trinajstić information content (AvgIpc) is 2.82. The lowest BCUT2D eigenvalue weighted by Gasteiger charge is -2.05. The topological polar surface area (TPSA) is 50.7 Å². The third-order valence-corrected chi connectivity index (χ3v) is 3.04. The summed E-state index contributed by atoms with van der Waals surface area (Å²) in [6, 6.07) is 16.6. The number of hydrogen-bond acceptors (Lipinski definition) is 2. The van der Waals surface area contributed by atoms with Gasteiger partial charge in [-0.25, -0.2) is 14.5 Å². The second-order valence-corrected chi connectivity index (χ2v) is 4.47. The zero-order valence-corrected chi connectivity index (χ0v) is 10.6. The first kappa shape index (κ1) is 11.7. The van der Waals surface area contributed by atoms with Crippen molar-refractivity contribution in [2.24, 2.45) is 0 Å². The SMILES string of the molecule is O=c1[nH]nc(-c2ccc(Cl)cc2)n1-c1ccccc1. The summed E-state index contributed by atoms with van der Waals surface area (Å²) in [5.74, 6) is 0.563. The van der Waals surface area contributed by atoms with E-state index in [1.54, 1.807) is 12.1 Å². The molecular weight excluding hydrogens is 262 g/mol. The number of H-pyrrole nitrogens is 1. The third kappa shape index (κ3) is 2.18. The summed E-state index contributed by atoms with van der Waals surface area (Å²) in [6.45, 7) is 0. The minimum absolute atomic E-state index is 0.267. The first-order valence-corrected chi connectivity index (χ1v) is 6.12. The zero-order valence-electron chi connectivity index (χ0n) is 9.88. The van der Waals surface area contributed by atoms with E-state index in [4.69, 9.17) is 11.6 Å². The Morgan fingerprint density at radius 1 is 1.00 bits per heavy atom. The molecule has 2 aromatic carbocycles. The molecule has 3 aromatic rings. The molecule has 0 aliphatic rings. The van der Waals surface area contributed by atoms with E-state index in [0.29, 0.717) is 10.8 Å². The van der Waals surface area contributed by atoms with Gasteiger partial charge in [0.2, 0.25) is 0 Å². The molecule has 1 heterocycles. The van der Waals surface area contributed by atoms with Crippen molar-refractivity contribution in [3.05, 3.63) is 70.1 Å². The largest absolute Gasteiger partial charge is 0.348 e. The van der Waals surface area contributed by atoms with Gasteiger partial charge in [-0.3, -0.25) is 0 Å². The van der Waals surface area contributed by atoms with Crippen LogP contribution in [-0.2, 0) is 0 Å². The van der Waals surface area contributed by atoms with E-state index in [1.807, 2.05) is 42.5 Å². The molecule has 0 aliphatic carbocycles. The van der Waals surface area contributed by atoms with Crippen LogP contribution in [0.3, 0.4) is 0 Å². The number of aromatic amines is 1. The Morgan fingerprint density at radius 2 is 1.68 bits per heavy atom. The zero-order chi connectivity index (χ0) is 13.2. The number of nitrogens with one attached hydrogen (secondary N) is 1. The Kier molecular flexibility index (Phi) is 2.93. The molecule has 0 aliphatic heterocycles. The highest BCUT2D eigenvalue weighted by atomic mass is 35.5. The predicted octanol–water partition coefficient (Wildman–Crippen LogP) is 2.88. The Hall–Kier alpha value is -2.33. The highest BCUT2D eigenvalue weighted by Crippen LogP contribution is 2.20. The van der Waals surface area contributed by atoms with Crippen molar-refractivity contribution in [3.63, 3.8) is 0 Å². The van der Waals surface area contributed by atoms with E-state index in [0.717, 1.165) is 11.3 Å². The minimum atomic E-state index is -0.267. The fraction of sp³-hybridized carbons (Fsp3) is 0. The molecule has 19 heavy (non-hydrogen) atoms. The van der Waals surface area contributed by atoms with Gasteiger partial charge in [-0.05, 0) is 36.4 Å². The Balaban J connectivity index is 2.19. The van der Waals surface area contributed by atoms with E-state index >= 15 is 0 Å². The van der Waals surface area contributed by atoms with Crippen LogP contribution in [0.25, 0.3) is 17.1 Å². The molecule has 0 saturated carbocycles. The third-order valence-electron chi connectivity index (χ3n) is 2.79. The van der Waals surface area contributed by atoms with Gasteiger partial charge in [0, 0.05) is 10.6 Å². The molecule has 0 unspecified atom stereocenters. The molecule has 1 N–H and O–H groups in total. The molecule has 4 nitrogen and oxygen atoms in total. The van der Waals surface area contributed by atoms with Crippen molar-refractivity contribution >= 4 is 11.6 Å². The van der Waals surface area contributed by atoms with Gasteiger partial charge in [0.15, 0.2) is 5.82 Å². The van der Waals surface area contributed by atoms with Gasteiger partial charge in [-0.2, -0.15) is 5.10 Å². The number of para-hydroxylation sites is 1. The van der Waals surface area contributed by atoms with Crippen molar-refractivity contribution in [3.8, 4) is 17.1 Å². The normalized spacial score (nSPS) is 10.6. The van der Waals surface area contributed by atoms with E-state index < -0.39 is 0 Å². The number of benzene rings is 2. The fourth-order valence-corrected chi connectivity index (χ4v) is 2.03. The van der Waals surface area contributed by atoms with E-state index in [9.17, 15) is 4.79 Å². The standard InChI is InChI=1S/C14H10ClN3O/c15-11-8-6-10(7-9-11)13-16-17-14(19)18(13)12-4-2-1-3-5-12/h1-9H,(H,17,19). The van der Waals surface area contributed by atoms with Gasteiger partial charge >= 0.3 is 5.69 Å². The maximum absolute atomic E-state index is 11.9. The van der Waals surface area contributed by atoms with Crippen LogP contribution in [0.4, 0.5) is 0 Å². The molecule has 0 amide bonds. The molecule has 1 aromatic heterocycles. The average molecular weight is 272 g/mol. The van der Waals surface area contributed by atoms with E-state index in [-0.39, 0.29) is 5.69 Å². The molecule has 0 spiro atoms. The molecule has 0 radical (unpaired) electrons.